The number of carbonyl (C=O) groups is 1. The van der Waals surface area contributed by atoms with Gasteiger partial charge in [-0.05, 0) is 29.5 Å². The van der Waals surface area contributed by atoms with Crippen LogP contribution < -0.4 is 10.6 Å². The van der Waals surface area contributed by atoms with E-state index in [1.807, 2.05) is 30.3 Å². The highest BCUT2D eigenvalue weighted by Crippen LogP contribution is 2.13. The minimum absolute atomic E-state index is 0.0661. The fraction of sp³-hybridized carbons (Fsp3) is 0.400. The molecule has 4 heteroatoms. The van der Waals surface area contributed by atoms with E-state index in [0.717, 1.165) is 17.0 Å². The monoisotopic (exact) mass is 280 g/mol. The van der Waals surface area contributed by atoms with Crippen LogP contribution in [-0.2, 0) is 6.42 Å². The van der Waals surface area contributed by atoms with E-state index in [-0.39, 0.29) is 11.4 Å². The van der Waals surface area contributed by atoms with E-state index in [9.17, 15) is 4.79 Å². The van der Waals surface area contributed by atoms with Crippen molar-refractivity contribution in [3.05, 3.63) is 47.1 Å². The number of carbonyl (C=O) groups excluding carboxylic acids is 1. The molecule has 3 nitrogen and oxygen atoms in total. The lowest BCUT2D eigenvalue weighted by molar-refractivity contribution is 0.244. The summed E-state index contributed by atoms with van der Waals surface area (Å²) in [6.45, 7) is 6.81. The molecule has 0 aromatic heterocycles. The maximum Gasteiger partial charge on any atom is 0.318 e. The van der Waals surface area contributed by atoms with Gasteiger partial charge < -0.3 is 10.6 Å². The number of hydrogen-bond donors (Lipinski definition) is 2. The maximum atomic E-state index is 11.5. The van der Waals surface area contributed by atoms with Crippen molar-refractivity contribution in [3.63, 3.8) is 0 Å². The number of allylic oxidation sites excluding steroid dienone is 1. The fourth-order valence-corrected chi connectivity index (χ4v) is 1.52. The van der Waals surface area contributed by atoms with Gasteiger partial charge in [-0.3, -0.25) is 0 Å². The molecule has 0 aliphatic carbocycles. The van der Waals surface area contributed by atoms with Crippen molar-refractivity contribution in [1.82, 2.24) is 10.6 Å². The third-order valence-corrected chi connectivity index (χ3v) is 2.66. The summed E-state index contributed by atoms with van der Waals surface area (Å²) in [4.78, 5) is 11.5. The lowest BCUT2D eigenvalue weighted by atomic mass is 9.97. The summed E-state index contributed by atoms with van der Waals surface area (Å²) in [5.74, 6) is 0. The SMILES string of the molecule is CC(C)(C)/C=C/NC(=O)NCCc1ccc(Cl)cc1. The summed E-state index contributed by atoms with van der Waals surface area (Å²) in [7, 11) is 0. The number of hydrogen-bond acceptors (Lipinski definition) is 1. The van der Waals surface area contributed by atoms with Crippen molar-refractivity contribution in [1.29, 1.82) is 0 Å². The molecule has 0 saturated carbocycles. The van der Waals surface area contributed by atoms with Gasteiger partial charge in [-0.1, -0.05) is 50.6 Å². The normalized spacial score (nSPS) is 11.6. The largest absolute Gasteiger partial charge is 0.338 e. The lowest BCUT2D eigenvalue weighted by Gasteiger charge is -2.11. The van der Waals surface area contributed by atoms with Crippen molar-refractivity contribution in [2.75, 3.05) is 6.54 Å². The van der Waals surface area contributed by atoms with E-state index in [4.69, 9.17) is 11.6 Å². The van der Waals surface area contributed by atoms with E-state index in [1.54, 1.807) is 6.20 Å². The third kappa shape index (κ3) is 7.52. The van der Waals surface area contributed by atoms with Crippen LogP contribution in [-0.4, -0.2) is 12.6 Å². The number of halogens is 1. The molecule has 1 rings (SSSR count). The van der Waals surface area contributed by atoms with Gasteiger partial charge >= 0.3 is 6.03 Å². The molecule has 0 aliphatic heterocycles. The highest BCUT2D eigenvalue weighted by atomic mass is 35.5. The highest BCUT2D eigenvalue weighted by molar-refractivity contribution is 6.30. The summed E-state index contributed by atoms with van der Waals surface area (Å²) < 4.78 is 0. The van der Waals surface area contributed by atoms with E-state index >= 15 is 0 Å². The maximum absolute atomic E-state index is 11.5. The molecule has 0 unspecified atom stereocenters. The van der Waals surface area contributed by atoms with Crippen LogP contribution in [0, 0.1) is 5.41 Å². The minimum Gasteiger partial charge on any atom is -0.338 e. The molecule has 0 heterocycles. The lowest BCUT2D eigenvalue weighted by Crippen LogP contribution is -2.33. The van der Waals surface area contributed by atoms with Gasteiger partial charge in [0.1, 0.15) is 0 Å². The van der Waals surface area contributed by atoms with Gasteiger partial charge in [-0.15, -0.1) is 0 Å². The third-order valence-electron chi connectivity index (χ3n) is 2.41. The van der Waals surface area contributed by atoms with Gasteiger partial charge in [0.2, 0.25) is 0 Å². The predicted molar refractivity (Wildman–Crippen MR) is 80.3 cm³/mol. The molecule has 2 N–H and O–H groups in total. The Kier molecular flexibility index (Phi) is 5.90. The Morgan fingerprint density at radius 3 is 2.47 bits per heavy atom. The molecule has 0 radical (unpaired) electrons. The molecule has 2 amide bonds. The van der Waals surface area contributed by atoms with Gasteiger partial charge in [0.15, 0.2) is 0 Å². The second kappa shape index (κ2) is 7.19. The number of urea groups is 1. The van der Waals surface area contributed by atoms with Crippen LogP contribution in [0.2, 0.25) is 5.02 Å². The summed E-state index contributed by atoms with van der Waals surface area (Å²) in [6, 6.07) is 7.43. The quantitative estimate of drug-likeness (QED) is 0.867. The van der Waals surface area contributed by atoms with E-state index in [1.165, 1.54) is 0 Å². The van der Waals surface area contributed by atoms with Gasteiger partial charge in [0.25, 0.3) is 0 Å². The zero-order valence-electron chi connectivity index (χ0n) is 11.7. The second-order valence-corrected chi connectivity index (χ2v) is 5.91. The number of benzene rings is 1. The molecular formula is C15H21ClN2O. The van der Waals surface area contributed by atoms with Crippen molar-refractivity contribution in [2.24, 2.45) is 5.41 Å². The number of rotatable bonds is 4. The van der Waals surface area contributed by atoms with Crippen LogP contribution >= 0.6 is 11.6 Å². The first-order valence-electron chi connectivity index (χ1n) is 6.33. The van der Waals surface area contributed by atoms with Gasteiger partial charge in [0.05, 0.1) is 0 Å². The van der Waals surface area contributed by atoms with Gasteiger partial charge in [-0.25, -0.2) is 4.79 Å². The summed E-state index contributed by atoms with van der Waals surface area (Å²) in [5, 5.41) is 6.20. The van der Waals surface area contributed by atoms with Crippen LogP contribution in [0.25, 0.3) is 0 Å². The smallest absolute Gasteiger partial charge is 0.318 e. The van der Waals surface area contributed by atoms with Gasteiger partial charge in [0, 0.05) is 17.8 Å². The standard InChI is InChI=1S/C15H21ClN2O/c1-15(2,3)9-11-18-14(19)17-10-8-12-4-6-13(16)7-5-12/h4-7,9,11H,8,10H2,1-3H3,(H2,17,18,19)/b11-9+. The molecule has 0 aliphatic rings. The summed E-state index contributed by atoms with van der Waals surface area (Å²) in [5.41, 5.74) is 1.21. The van der Waals surface area contributed by atoms with Crippen molar-refractivity contribution in [3.8, 4) is 0 Å². The molecule has 1 aromatic rings. The second-order valence-electron chi connectivity index (χ2n) is 5.48. The Morgan fingerprint density at radius 1 is 1.26 bits per heavy atom. The highest BCUT2D eigenvalue weighted by Gasteiger charge is 2.04. The zero-order chi connectivity index (χ0) is 14.3. The zero-order valence-corrected chi connectivity index (χ0v) is 12.4. The topological polar surface area (TPSA) is 41.1 Å². The van der Waals surface area contributed by atoms with E-state index < -0.39 is 0 Å². The first-order valence-corrected chi connectivity index (χ1v) is 6.71. The average molecular weight is 281 g/mol. The molecule has 19 heavy (non-hydrogen) atoms. The minimum atomic E-state index is -0.186. The van der Waals surface area contributed by atoms with E-state index in [0.29, 0.717) is 6.54 Å². The van der Waals surface area contributed by atoms with Crippen molar-refractivity contribution >= 4 is 17.6 Å². The molecule has 0 saturated heterocycles. The molecule has 0 atom stereocenters. The molecule has 0 bridgehead atoms. The molecule has 0 fully saturated rings. The predicted octanol–water partition coefficient (Wildman–Crippen LogP) is 3.74. The van der Waals surface area contributed by atoms with Crippen LogP contribution in [0.5, 0.6) is 0 Å². The molecular weight excluding hydrogens is 260 g/mol. The summed E-state index contributed by atoms with van der Waals surface area (Å²) in [6.07, 6.45) is 4.41. The average Bonchev–Trinajstić information content (AvgIpc) is 2.30. The van der Waals surface area contributed by atoms with Crippen LogP contribution in [0.15, 0.2) is 36.5 Å². The summed E-state index contributed by atoms with van der Waals surface area (Å²) >= 11 is 5.80. The van der Waals surface area contributed by atoms with Crippen molar-refractivity contribution < 1.29 is 4.79 Å². The van der Waals surface area contributed by atoms with Crippen LogP contribution in [0.4, 0.5) is 4.79 Å². The van der Waals surface area contributed by atoms with Crippen LogP contribution in [0.1, 0.15) is 26.3 Å². The Hall–Kier alpha value is -1.48. The molecule has 0 spiro atoms. The van der Waals surface area contributed by atoms with Crippen molar-refractivity contribution in [2.45, 2.75) is 27.2 Å². The van der Waals surface area contributed by atoms with Gasteiger partial charge in [-0.2, -0.15) is 0 Å². The Balaban J connectivity index is 2.24. The first-order chi connectivity index (χ1) is 8.87. The van der Waals surface area contributed by atoms with Crippen LogP contribution in [0.3, 0.4) is 0 Å². The Labute approximate surface area is 120 Å². The Morgan fingerprint density at radius 2 is 1.89 bits per heavy atom. The molecule has 104 valence electrons. The Bertz CT molecular complexity index is 432. The fourth-order valence-electron chi connectivity index (χ4n) is 1.39. The van der Waals surface area contributed by atoms with E-state index in [2.05, 4.69) is 31.4 Å². The first kappa shape index (κ1) is 15.6. The number of nitrogens with one attached hydrogen (secondary N) is 2. The number of amides is 2. The molecule has 1 aromatic carbocycles.